The zero-order chi connectivity index (χ0) is 12.3. The van der Waals surface area contributed by atoms with Crippen LogP contribution in [0.2, 0.25) is 0 Å². The van der Waals surface area contributed by atoms with E-state index in [0.29, 0.717) is 0 Å². The first-order valence-electron chi connectivity index (χ1n) is 6.26. The fraction of sp³-hybridized carbons (Fsp3) is 0.571. The Morgan fingerprint density at radius 3 is 2.65 bits per heavy atom. The second-order valence-corrected chi connectivity index (χ2v) is 6.02. The summed E-state index contributed by atoms with van der Waals surface area (Å²) < 4.78 is 6.22. The predicted octanol–water partition coefficient (Wildman–Crippen LogP) is 3.48. The lowest BCUT2D eigenvalue weighted by Crippen LogP contribution is -2.24. The van der Waals surface area contributed by atoms with Crippen molar-refractivity contribution in [3.05, 3.63) is 35.9 Å². The quantitative estimate of drug-likeness (QED) is 0.668. The number of aliphatic hydroxyl groups excluding tert-OH is 1. The highest BCUT2D eigenvalue weighted by molar-refractivity contribution is 14.1. The Kier molecular flexibility index (Phi) is 4.82. The summed E-state index contributed by atoms with van der Waals surface area (Å²) in [6.45, 7) is 2.18. The van der Waals surface area contributed by atoms with E-state index in [1.807, 2.05) is 30.3 Å². The van der Waals surface area contributed by atoms with Crippen molar-refractivity contribution in [1.29, 1.82) is 0 Å². The van der Waals surface area contributed by atoms with E-state index >= 15 is 0 Å². The lowest BCUT2D eigenvalue weighted by atomic mass is 10.0. The molecule has 1 aromatic rings. The van der Waals surface area contributed by atoms with Crippen LogP contribution in [0.15, 0.2) is 30.3 Å². The van der Waals surface area contributed by atoms with Crippen molar-refractivity contribution < 1.29 is 9.84 Å². The smallest absolute Gasteiger partial charge is 0.110 e. The van der Waals surface area contributed by atoms with Gasteiger partial charge in [-0.3, -0.25) is 0 Å². The van der Waals surface area contributed by atoms with Crippen molar-refractivity contribution in [2.75, 3.05) is 0 Å². The molecule has 3 heteroatoms. The largest absolute Gasteiger partial charge is 0.389 e. The molecule has 1 aromatic carbocycles. The number of hydrogen-bond acceptors (Lipinski definition) is 2. The Labute approximate surface area is 117 Å². The molecular formula is C14H19IO2. The van der Waals surface area contributed by atoms with E-state index in [2.05, 4.69) is 29.5 Å². The molecule has 0 bridgehead atoms. The van der Waals surface area contributed by atoms with Crippen LogP contribution >= 0.6 is 22.6 Å². The van der Waals surface area contributed by atoms with Crippen molar-refractivity contribution in [1.82, 2.24) is 0 Å². The van der Waals surface area contributed by atoms with E-state index < -0.39 is 0 Å². The highest BCUT2D eigenvalue weighted by Gasteiger charge is 2.42. The van der Waals surface area contributed by atoms with Crippen LogP contribution in [0, 0.1) is 0 Å². The maximum Gasteiger partial charge on any atom is 0.110 e. The van der Waals surface area contributed by atoms with Gasteiger partial charge in [0, 0.05) is 0 Å². The van der Waals surface area contributed by atoms with E-state index in [-0.39, 0.29) is 22.2 Å². The fourth-order valence-electron chi connectivity index (χ4n) is 2.28. The summed E-state index contributed by atoms with van der Waals surface area (Å²) >= 11 is 2.33. The second-order valence-electron chi connectivity index (χ2n) is 4.58. The molecule has 1 heterocycles. The Morgan fingerprint density at radius 1 is 1.29 bits per heavy atom. The molecular weight excluding hydrogens is 327 g/mol. The number of rotatable bonds is 4. The lowest BCUT2D eigenvalue weighted by Gasteiger charge is -2.14. The molecule has 4 atom stereocenters. The number of ether oxygens (including phenoxy) is 1. The number of halogens is 1. The second kappa shape index (κ2) is 6.16. The summed E-state index contributed by atoms with van der Waals surface area (Å²) in [6, 6.07) is 10.0. The van der Waals surface area contributed by atoms with Crippen molar-refractivity contribution in [3.8, 4) is 0 Å². The molecule has 1 saturated heterocycles. The molecule has 1 fully saturated rings. The van der Waals surface area contributed by atoms with E-state index in [0.717, 1.165) is 12.0 Å². The van der Waals surface area contributed by atoms with Gasteiger partial charge in [-0.05, 0) is 12.0 Å². The fourth-order valence-corrected chi connectivity index (χ4v) is 3.19. The predicted molar refractivity (Wildman–Crippen MR) is 77.4 cm³/mol. The average Bonchev–Trinajstić information content (AvgIpc) is 2.65. The normalized spacial score (nSPS) is 32.9. The molecule has 1 aliphatic heterocycles. The van der Waals surface area contributed by atoms with E-state index in [9.17, 15) is 5.11 Å². The number of benzene rings is 1. The number of hydrogen-bond donors (Lipinski definition) is 1. The molecule has 1 aliphatic rings. The molecule has 17 heavy (non-hydrogen) atoms. The van der Waals surface area contributed by atoms with Gasteiger partial charge in [-0.15, -0.1) is 0 Å². The molecule has 0 amide bonds. The average molecular weight is 346 g/mol. The third-order valence-corrected chi connectivity index (χ3v) is 4.82. The Balaban J connectivity index is 2.06. The van der Waals surface area contributed by atoms with Crippen LogP contribution in [0.25, 0.3) is 0 Å². The first-order valence-corrected chi connectivity index (χ1v) is 7.51. The van der Waals surface area contributed by atoms with Gasteiger partial charge in [0.15, 0.2) is 0 Å². The summed E-state index contributed by atoms with van der Waals surface area (Å²) in [5.41, 5.74) is 1.08. The molecule has 0 aliphatic carbocycles. The first-order chi connectivity index (χ1) is 8.24. The minimum Gasteiger partial charge on any atom is -0.389 e. The van der Waals surface area contributed by atoms with Gasteiger partial charge in [0.2, 0.25) is 0 Å². The lowest BCUT2D eigenvalue weighted by molar-refractivity contribution is 0.00583. The molecule has 2 nitrogen and oxygen atoms in total. The van der Waals surface area contributed by atoms with Crippen LogP contribution < -0.4 is 0 Å². The van der Waals surface area contributed by atoms with Gasteiger partial charge >= 0.3 is 0 Å². The Bertz CT molecular complexity index is 341. The van der Waals surface area contributed by atoms with Crippen molar-refractivity contribution in [3.63, 3.8) is 0 Å². The molecule has 94 valence electrons. The minimum absolute atomic E-state index is 0.153. The molecule has 0 radical (unpaired) electrons. The maximum absolute atomic E-state index is 10.2. The van der Waals surface area contributed by atoms with Gasteiger partial charge in [-0.2, -0.15) is 0 Å². The van der Waals surface area contributed by atoms with Gasteiger partial charge in [0.1, 0.15) is 6.10 Å². The standard InChI is InChI=1S/C14H19IO2/c1-2-3-9-11-12(15)13(16)14(17-11)10-7-5-4-6-8-10/h4-8,11-14,16H,2-3,9H2,1H3/t11-,12+,13+,14+/m1/s1. The van der Waals surface area contributed by atoms with Gasteiger partial charge in [0.05, 0.1) is 16.1 Å². The van der Waals surface area contributed by atoms with Crippen LogP contribution in [0.4, 0.5) is 0 Å². The zero-order valence-electron chi connectivity index (χ0n) is 10.1. The van der Waals surface area contributed by atoms with Gasteiger partial charge in [-0.1, -0.05) is 72.7 Å². The molecule has 2 rings (SSSR count). The van der Waals surface area contributed by atoms with Gasteiger partial charge in [-0.25, -0.2) is 0 Å². The first kappa shape index (κ1) is 13.3. The monoisotopic (exact) mass is 346 g/mol. The summed E-state index contributed by atoms with van der Waals surface area (Å²) in [5, 5.41) is 10.2. The third-order valence-electron chi connectivity index (χ3n) is 3.28. The molecule has 0 spiro atoms. The molecule has 1 N–H and O–H groups in total. The molecule has 0 saturated carbocycles. The molecule has 0 aromatic heterocycles. The van der Waals surface area contributed by atoms with Crippen LogP contribution in [-0.2, 0) is 4.74 Å². The van der Waals surface area contributed by atoms with Crippen LogP contribution in [0.3, 0.4) is 0 Å². The number of alkyl halides is 1. The van der Waals surface area contributed by atoms with Crippen molar-refractivity contribution >= 4 is 22.6 Å². The number of unbranched alkanes of at least 4 members (excludes halogenated alkanes) is 1. The Morgan fingerprint density at radius 2 is 2.00 bits per heavy atom. The SMILES string of the molecule is CCCC[C@H]1O[C@@H](c2ccccc2)[C@@H](O)[C@H]1I. The molecule has 0 unspecified atom stereocenters. The van der Waals surface area contributed by atoms with Gasteiger partial charge in [0.25, 0.3) is 0 Å². The maximum atomic E-state index is 10.2. The van der Waals surface area contributed by atoms with Crippen molar-refractivity contribution in [2.45, 2.75) is 48.4 Å². The van der Waals surface area contributed by atoms with Crippen LogP contribution in [0.1, 0.15) is 37.9 Å². The van der Waals surface area contributed by atoms with E-state index in [1.165, 1.54) is 12.8 Å². The highest BCUT2D eigenvalue weighted by Crippen LogP contribution is 2.39. The van der Waals surface area contributed by atoms with Crippen molar-refractivity contribution in [2.24, 2.45) is 0 Å². The minimum atomic E-state index is -0.389. The number of aliphatic hydroxyl groups is 1. The summed E-state index contributed by atoms with van der Waals surface area (Å²) in [6.07, 6.45) is 3.04. The summed E-state index contributed by atoms with van der Waals surface area (Å²) in [5.74, 6) is 0. The van der Waals surface area contributed by atoms with E-state index in [4.69, 9.17) is 4.74 Å². The highest BCUT2D eigenvalue weighted by atomic mass is 127. The third kappa shape index (κ3) is 3.01. The van der Waals surface area contributed by atoms with E-state index in [1.54, 1.807) is 0 Å². The van der Waals surface area contributed by atoms with Crippen LogP contribution in [0.5, 0.6) is 0 Å². The Hall–Kier alpha value is -0.130. The topological polar surface area (TPSA) is 29.5 Å². The van der Waals surface area contributed by atoms with Crippen LogP contribution in [-0.4, -0.2) is 21.2 Å². The summed E-state index contributed by atoms with van der Waals surface area (Å²) in [7, 11) is 0. The zero-order valence-corrected chi connectivity index (χ0v) is 12.2. The summed E-state index contributed by atoms with van der Waals surface area (Å²) in [4.78, 5) is 0. The van der Waals surface area contributed by atoms with Gasteiger partial charge < -0.3 is 9.84 Å².